The van der Waals surface area contributed by atoms with Crippen LogP contribution in [-0.4, -0.2) is 29.3 Å². The van der Waals surface area contributed by atoms with Crippen LogP contribution in [0.4, 0.5) is 0 Å². The van der Waals surface area contributed by atoms with Crippen molar-refractivity contribution in [2.75, 3.05) is 0 Å². The van der Waals surface area contributed by atoms with Crippen LogP contribution in [0.1, 0.15) is 23.0 Å². The van der Waals surface area contributed by atoms with Gasteiger partial charge in [-0.25, -0.2) is 8.42 Å². The van der Waals surface area contributed by atoms with Crippen molar-refractivity contribution in [3.05, 3.63) is 47.3 Å². The average Bonchev–Trinajstić information content (AvgIpc) is 2.70. The summed E-state index contributed by atoms with van der Waals surface area (Å²) in [6.45, 7) is 3.19. The van der Waals surface area contributed by atoms with Gasteiger partial charge < -0.3 is 5.11 Å². The van der Waals surface area contributed by atoms with E-state index >= 15 is 0 Å². The Bertz CT molecular complexity index is 797. The van der Waals surface area contributed by atoms with E-state index in [1.807, 2.05) is 0 Å². The van der Waals surface area contributed by atoms with Gasteiger partial charge in [0.2, 0.25) is 10.0 Å². The summed E-state index contributed by atoms with van der Waals surface area (Å²) in [4.78, 5) is 11.4. The molecule has 0 aliphatic heterocycles. The highest BCUT2D eigenvalue weighted by Gasteiger charge is 2.30. The van der Waals surface area contributed by atoms with E-state index in [0.717, 1.165) is 0 Å². The maximum Gasteiger partial charge on any atom is 0.326 e. The van der Waals surface area contributed by atoms with E-state index in [2.05, 4.69) is 9.82 Å². The Hall–Kier alpha value is -2.19. The Morgan fingerprint density at radius 2 is 1.86 bits per heavy atom. The number of hydrogen-bond acceptors (Lipinski definition) is 4. The minimum atomic E-state index is -4.01. The fourth-order valence-corrected chi connectivity index (χ4v) is 3.88. The third-order valence-electron chi connectivity index (χ3n) is 3.36. The van der Waals surface area contributed by atoms with E-state index in [1.54, 1.807) is 51.2 Å². The van der Waals surface area contributed by atoms with Gasteiger partial charge in [0.1, 0.15) is 10.9 Å². The number of carbonyl (C=O) groups is 1. The Balaban J connectivity index is 2.44. The number of hydrogen-bond donors (Lipinski definition) is 2. The first kappa shape index (κ1) is 16.2. The van der Waals surface area contributed by atoms with Crippen LogP contribution in [0.3, 0.4) is 0 Å². The van der Waals surface area contributed by atoms with Crippen molar-refractivity contribution in [2.45, 2.75) is 24.8 Å². The highest BCUT2D eigenvalue weighted by molar-refractivity contribution is 7.89. The third-order valence-corrected chi connectivity index (χ3v) is 5.04. The molecule has 1 aromatic heterocycles. The molecule has 22 heavy (non-hydrogen) atoms. The number of sulfonamides is 1. The lowest BCUT2D eigenvalue weighted by Crippen LogP contribution is -2.34. The lowest BCUT2D eigenvalue weighted by Gasteiger charge is -2.15. The van der Waals surface area contributed by atoms with Gasteiger partial charge in [-0.15, -0.1) is 0 Å². The number of aromatic nitrogens is 2. The molecule has 1 aromatic carbocycles. The van der Waals surface area contributed by atoms with E-state index in [-0.39, 0.29) is 4.90 Å². The molecule has 8 heteroatoms. The van der Waals surface area contributed by atoms with Crippen LogP contribution >= 0.6 is 0 Å². The Morgan fingerprint density at radius 3 is 2.32 bits per heavy atom. The van der Waals surface area contributed by atoms with Gasteiger partial charge in [0.05, 0.1) is 11.4 Å². The third kappa shape index (κ3) is 3.02. The summed E-state index contributed by atoms with van der Waals surface area (Å²) in [6, 6.07) is 6.80. The number of nitrogens with one attached hydrogen (secondary N) is 1. The lowest BCUT2D eigenvalue weighted by atomic mass is 10.1. The average molecular weight is 323 g/mol. The van der Waals surface area contributed by atoms with E-state index in [9.17, 15) is 18.3 Å². The normalized spacial score (nSPS) is 13.0. The molecule has 7 nitrogen and oxygen atoms in total. The molecule has 0 saturated heterocycles. The van der Waals surface area contributed by atoms with Gasteiger partial charge >= 0.3 is 5.97 Å². The SMILES string of the molecule is Cc1nn(C)c(C)c1S(=O)(=O)N[C@@H](C(=O)O)c1ccccc1. The van der Waals surface area contributed by atoms with Crippen molar-refractivity contribution in [1.29, 1.82) is 0 Å². The Labute approximate surface area is 128 Å². The van der Waals surface area contributed by atoms with Crippen molar-refractivity contribution in [2.24, 2.45) is 7.05 Å². The first-order chi connectivity index (χ1) is 10.2. The summed E-state index contributed by atoms with van der Waals surface area (Å²) >= 11 is 0. The number of carboxylic acid groups (broad SMARTS) is 1. The maximum atomic E-state index is 12.5. The van der Waals surface area contributed by atoms with Crippen LogP contribution in [0.2, 0.25) is 0 Å². The van der Waals surface area contributed by atoms with E-state index in [4.69, 9.17) is 0 Å². The van der Waals surface area contributed by atoms with Crippen molar-refractivity contribution in [3.63, 3.8) is 0 Å². The predicted octanol–water partition coefficient (Wildman–Crippen LogP) is 1.14. The molecular formula is C14H17N3O4S. The Kier molecular flexibility index (Phi) is 4.34. The number of carboxylic acids is 1. The molecular weight excluding hydrogens is 306 g/mol. The molecule has 0 bridgehead atoms. The molecule has 1 heterocycles. The molecule has 0 saturated carbocycles. The Morgan fingerprint density at radius 1 is 1.27 bits per heavy atom. The molecule has 1 atom stereocenters. The largest absolute Gasteiger partial charge is 0.480 e. The molecule has 2 aromatic rings. The van der Waals surface area contributed by atoms with Gasteiger partial charge in [-0.3, -0.25) is 9.48 Å². The van der Waals surface area contributed by atoms with Crippen LogP contribution in [0.5, 0.6) is 0 Å². The topological polar surface area (TPSA) is 101 Å². The lowest BCUT2D eigenvalue weighted by molar-refractivity contribution is -0.139. The fourth-order valence-electron chi connectivity index (χ4n) is 2.26. The number of aryl methyl sites for hydroxylation is 2. The molecule has 0 amide bonds. The summed E-state index contributed by atoms with van der Waals surface area (Å²) in [5, 5.41) is 13.4. The van der Waals surface area contributed by atoms with Crippen LogP contribution in [-0.2, 0) is 21.9 Å². The highest BCUT2D eigenvalue weighted by atomic mass is 32.2. The van der Waals surface area contributed by atoms with Crippen molar-refractivity contribution < 1.29 is 18.3 Å². The van der Waals surface area contributed by atoms with Gasteiger partial charge in [-0.2, -0.15) is 9.82 Å². The maximum absolute atomic E-state index is 12.5. The van der Waals surface area contributed by atoms with Gasteiger partial charge in [-0.05, 0) is 19.4 Å². The fraction of sp³-hybridized carbons (Fsp3) is 0.286. The highest BCUT2D eigenvalue weighted by Crippen LogP contribution is 2.22. The van der Waals surface area contributed by atoms with E-state index in [0.29, 0.717) is 17.0 Å². The molecule has 0 aliphatic carbocycles. The number of aliphatic carboxylic acids is 1. The molecule has 118 valence electrons. The monoisotopic (exact) mass is 323 g/mol. The van der Waals surface area contributed by atoms with Crippen LogP contribution in [0.25, 0.3) is 0 Å². The van der Waals surface area contributed by atoms with Crippen molar-refractivity contribution >= 4 is 16.0 Å². The van der Waals surface area contributed by atoms with E-state index < -0.39 is 22.0 Å². The quantitative estimate of drug-likeness (QED) is 0.859. The minimum absolute atomic E-state index is 0.0113. The van der Waals surface area contributed by atoms with Gasteiger partial charge in [-0.1, -0.05) is 30.3 Å². The molecule has 0 unspecified atom stereocenters. The molecule has 2 N–H and O–H groups in total. The zero-order valence-corrected chi connectivity index (χ0v) is 13.3. The zero-order chi connectivity index (χ0) is 16.5. The van der Waals surface area contributed by atoms with Crippen molar-refractivity contribution in [1.82, 2.24) is 14.5 Å². The molecule has 0 aliphatic rings. The second-order valence-corrected chi connectivity index (χ2v) is 6.58. The summed E-state index contributed by atoms with van der Waals surface area (Å²) < 4.78 is 28.8. The zero-order valence-electron chi connectivity index (χ0n) is 12.4. The first-order valence-electron chi connectivity index (χ1n) is 6.54. The van der Waals surface area contributed by atoms with Gasteiger partial charge in [0, 0.05) is 7.05 Å². The molecule has 0 radical (unpaired) electrons. The van der Waals surface area contributed by atoms with Crippen LogP contribution in [0.15, 0.2) is 35.2 Å². The number of rotatable bonds is 5. The van der Waals surface area contributed by atoms with Gasteiger partial charge in [0.25, 0.3) is 0 Å². The summed E-state index contributed by atoms with van der Waals surface area (Å²) in [7, 11) is -2.38. The van der Waals surface area contributed by atoms with Crippen LogP contribution in [0, 0.1) is 13.8 Å². The van der Waals surface area contributed by atoms with Crippen molar-refractivity contribution in [3.8, 4) is 0 Å². The first-order valence-corrected chi connectivity index (χ1v) is 8.02. The minimum Gasteiger partial charge on any atom is -0.480 e. The second-order valence-electron chi connectivity index (χ2n) is 4.93. The number of nitrogens with zero attached hydrogens (tertiary/aromatic N) is 2. The summed E-state index contributed by atoms with van der Waals surface area (Å²) in [6.07, 6.45) is 0. The van der Waals surface area contributed by atoms with E-state index in [1.165, 1.54) is 4.68 Å². The summed E-state index contributed by atoms with van der Waals surface area (Å²) in [5.74, 6) is -1.27. The molecule has 0 spiro atoms. The smallest absolute Gasteiger partial charge is 0.326 e. The second kappa shape index (κ2) is 5.90. The number of benzene rings is 1. The van der Waals surface area contributed by atoms with Gasteiger partial charge in [0.15, 0.2) is 0 Å². The summed E-state index contributed by atoms with van der Waals surface area (Å²) in [5.41, 5.74) is 1.13. The molecule has 2 rings (SSSR count). The molecule has 0 fully saturated rings. The predicted molar refractivity (Wildman–Crippen MR) is 79.8 cm³/mol. The van der Waals surface area contributed by atoms with Crippen LogP contribution < -0.4 is 4.72 Å². The standard InChI is InChI=1S/C14H17N3O4S/c1-9-13(10(2)17(3)15-9)22(20,21)16-12(14(18)19)11-7-5-4-6-8-11/h4-8,12,16H,1-3H3,(H,18,19)/t12-/m1/s1.